The minimum atomic E-state index is -4.70. The van der Waals surface area contributed by atoms with Crippen LogP contribution in [0, 0.1) is 6.92 Å². The first-order chi connectivity index (χ1) is 29.4. The van der Waals surface area contributed by atoms with Gasteiger partial charge in [0.15, 0.2) is 18.1 Å². The molecule has 328 valence electrons. The highest BCUT2D eigenvalue weighted by atomic mass is 32.2. The van der Waals surface area contributed by atoms with Gasteiger partial charge in [-0.2, -0.15) is 18.3 Å². The molecule has 2 amide bonds. The maximum Gasteiger partial charge on any atom is 0.422 e. The summed E-state index contributed by atoms with van der Waals surface area (Å²) >= 11 is 0.604. The molecule has 20 heteroatoms. The molecule has 0 saturated heterocycles. The summed E-state index contributed by atoms with van der Waals surface area (Å²) in [6.45, 7) is 2.10. The predicted molar refractivity (Wildman–Crippen MR) is 222 cm³/mol. The van der Waals surface area contributed by atoms with E-state index < -0.39 is 30.5 Å². The number of benzene rings is 2. The SMILES string of the molecule is CCCCCCCCCCCCOC(=O)CCC(=O)Nc1ccc(-c2nn3nc(C)c(CCN(C(=O)Sc4nnnn4CC(=O)OCC(F)(F)F)c4ccccc4)c3[nH]2)cc1. The molecule has 5 rings (SSSR count). The van der Waals surface area contributed by atoms with Crippen LogP contribution in [-0.4, -0.2) is 89.0 Å². The highest BCUT2D eigenvalue weighted by Crippen LogP contribution is 2.27. The van der Waals surface area contributed by atoms with Gasteiger partial charge < -0.3 is 24.7 Å². The van der Waals surface area contributed by atoms with Crippen molar-refractivity contribution in [3.63, 3.8) is 0 Å². The topological polar surface area (TPSA) is 192 Å². The molecule has 5 aromatic rings. The number of nitrogens with zero attached hydrogens (tertiary/aromatic N) is 8. The number of tetrazole rings is 1. The van der Waals surface area contributed by atoms with Crippen molar-refractivity contribution in [3.8, 4) is 11.4 Å². The van der Waals surface area contributed by atoms with Crippen molar-refractivity contribution in [1.29, 1.82) is 0 Å². The number of aromatic amines is 1. The molecule has 0 aliphatic heterocycles. The summed E-state index contributed by atoms with van der Waals surface area (Å²) in [7, 11) is 0. The minimum absolute atomic E-state index is 0.00104. The number of aromatic nitrogens is 8. The quantitative estimate of drug-likeness (QED) is 0.0343. The van der Waals surface area contributed by atoms with Crippen molar-refractivity contribution >= 4 is 51.9 Å². The molecule has 2 N–H and O–H groups in total. The molecule has 0 saturated carbocycles. The van der Waals surface area contributed by atoms with E-state index in [0.717, 1.165) is 35.1 Å². The van der Waals surface area contributed by atoms with Gasteiger partial charge in [0.25, 0.3) is 5.24 Å². The smallest absolute Gasteiger partial charge is 0.422 e. The van der Waals surface area contributed by atoms with Gasteiger partial charge in [-0.25, -0.2) is 4.68 Å². The monoisotopic (exact) mass is 868 g/mol. The lowest BCUT2D eigenvalue weighted by Crippen LogP contribution is -2.30. The Hall–Kier alpha value is -5.79. The number of alkyl halides is 3. The minimum Gasteiger partial charge on any atom is -0.466 e. The predicted octanol–water partition coefficient (Wildman–Crippen LogP) is 8.27. The molecule has 3 heterocycles. The summed E-state index contributed by atoms with van der Waals surface area (Å²) in [4.78, 5) is 55.2. The van der Waals surface area contributed by atoms with E-state index in [-0.39, 0.29) is 36.4 Å². The molecular weight excluding hydrogens is 818 g/mol. The number of hydrogen-bond donors (Lipinski definition) is 2. The van der Waals surface area contributed by atoms with Gasteiger partial charge in [-0.15, -0.1) is 14.8 Å². The van der Waals surface area contributed by atoms with Crippen molar-refractivity contribution in [3.05, 3.63) is 65.9 Å². The van der Waals surface area contributed by atoms with Crippen LogP contribution < -0.4 is 10.2 Å². The number of H-pyrrole nitrogens is 1. The molecule has 0 unspecified atom stereocenters. The largest absolute Gasteiger partial charge is 0.466 e. The average molecular weight is 869 g/mol. The molecule has 0 aliphatic carbocycles. The van der Waals surface area contributed by atoms with Crippen LogP contribution in [0.4, 0.5) is 29.3 Å². The highest BCUT2D eigenvalue weighted by molar-refractivity contribution is 8.13. The van der Waals surface area contributed by atoms with Crippen LogP contribution >= 0.6 is 11.8 Å². The van der Waals surface area contributed by atoms with Crippen molar-refractivity contribution < 1.29 is 41.8 Å². The van der Waals surface area contributed by atoms with Crippen LogP contribution in [0.3, 0.4) is 0 Å². The molecule has 61 heavy (non-hydrogen) atoms. The van der Waals surface area contributed by atoms with E-state index in [0.29, 0.717) is 53.3 Å². The Kier molecular flexibility index (Phi) is 17.7. The number of thioether (sulfide) groups is 1. The van der Waals surface area contributed by atoms with E-state index in [1.807, 2.05) is 6.92 Å². The van der Waals surface area contributed by atoms with Crippen LogP contribution in [-0.2, 0) is 36.8 Å². The lowest BCUT2D eigenvalue weighted by atomic mass is 10.1. The Morgan fingerprint density at radius 3 is 2.23 bits per heavy atom. The van der Waals surface area contributed by atoms with Gasteiger partial charge in [0.05, 0.1) is 18.7 Å². The Balaban J connectivity index is 1.11. The van der Waals surface area contributed by atoms with E-state index in [9.17, 15) is 32.3 Å². The second kappa shape index (κ2) is 23.3. The zero-order valence-electron chi connectivity index (χ0n) is 34.3. The second-order valence-corrected chi connectivity index (χ2v) is 15.3. The summed E-state index contributed by atoms with van der Waals surface area (Å²) in [6.07, 6.45) is 7.60. The van der Waals surface area contributed by atoms with Gasteiger partial charge in [-0.3, -0.25) is 19.2 Å². The number of fused-ring (bicyclic) bond motifs is 1. The van der Waals surface area contributed by atoms with Gasteiger partial charge in [0.2, 0.25) is 11.1 Å². The number of anilines is 2. The first kappa shape index (κ1) is 46.3. The van der Waals surface area contributed by atoms with Gasteiger partial charge in [-0.1, -0.05) is 82.9 Å². The second-order valence-electron chi connectivity index (χ2n) is 14.4. The number of unbranched alkanes of at least 4 members (excludes halogenated alkanes) is 9. The van der Waals surface area contributed by atoms with Crippen LogP contribution in [0.1, 0.15) is 95.2 Å². The number of para-hydroxylation sites is 1. The van der Waals surface area contributed by atoms with Gasteiger partial charge in [0, 0.05) is 47.2 Å². The lowest BCUT2D eigenvalue weighted by molar-refractivity contribution is -0.186. The fourth-order valence-electron chi connectivity index (χ4n) is 6.39. The number of halogens is 3. The molecule has 2 aromatic carbocycles. The molecule has 0 atom stereocenters. The normalized spacial score (nSPS) is 11.5. The molecule has 0 radical (unpaired) electrons. The van der Waals surface area contributed by atoms with Crippen molar-refractivity contribution in [1.82, 2.24) is 40.0 Å². The summed E-state index contributed by atoms with van der Waals surface area (Å²) in [6, 6.07) is 15.8. The average Bonchev–Trinajstić information content (AvgIpc) is 3.93. The number of carbonyl (C=O) groups excluding carboxylic acids is 4. The van der Waals surface area contributed by atoms with E-state index >= 15 is 0 Å². The summed E-state index contributed by atoms with van der Waals surface area (Å²) < 4.78 is 49.4. The van der Waals surface area contributed by atoms with E-state index in [2.05, 4.69) is 47.7 Å². The van der Waals surface area contributed by atoms with Crippen LogP contribution in [0.25, 0.3) is 17.0 Å². The van der Waals surface area contributed by atoms with Crippen molar-refractivity contribution in [2.75, 3.05) is 30.0 Å². The molecule has 16 nitrogen and oxygen atoms in total. The third kappa shape index (κ3) is 15.0. The van der Waals surface area contributed by atoms with E-state index in [1.54, 1.807) is 54.6 Å². The molecule has 0 spiro atoms. The maximum absolute atomic E-state index is 13.7. The Morgan fingerprint density at radius 1 is 0.852 bits per heavy atom. The summed E-state index contributed by atoms with van der Waals surface area (Å²) in [5.41, 5.74) is 3.92. The number of esters is 2. The Bertz CT molecular complexity index is 2180. The highest BCUT2D eigenvalue weighted by Gasteiger charge is 2.30. The molecule has 3 aromatic heterocycles. The van der Waals surface area contributed by atoms with E-state index in [1.165, 1.54) is 54.5 Å². The van der Waals surface area contributed by atoms with Crippen LogP contribution in [0.5, 0.6) is 0 Å². The number of rotatable bonds is 24. The van der Waals surface area contributed by atoms with Crippen molar-refractivity contribution in [2.45, 2.75) is 115 Å². The number of ether oxygens (including phenoxy) is 2. The lowest BCUT2D eigenvalue weighted by Gasteiger charge is -2.22. The van der Waals surface area contributed by atoms with Gasteiger partial charge in [0.1, 0.15) is 6.54 Å². The first-order valence-electron chi connectivity index (χ1n) is 20.4. The number of aryl methyl sites for hydroxylation is 1. The number of amides is 2. The molecule has 0 bridgehead atoms. The summed E-state index contributed by atoms with van der Waals surface area (Å²) in [5, 5.41) is 22.2. The van der Waals surface area contributed by atoms with Crippen LogP contribution in [0.15, 0.2) is 59.8 Å². The number of carbonyl (C=O) groups is 4. The zero-order chi connectivity index (χ0) is 43.6. The Labute approximate surface area is 355 Å². The molecule has 0 aliphatic rings. The van der Waals surface area contributed by atoms with Crippen molar-refractivity contribution in [2.24, 2.45) is 0 Å². The molecule has 0 fully saturated rings. The maximum atomic E-state index is 13.7. The standard InChI is InChI=1S/C41H51F3N10O6S/c1-3-4-5-6-7-8-9-10-11-15-26-59-35(56)23-22-34(55)45-31-20-18-30(19-21-31)37-46-38-33(29(2)48-54(38)49-37)24-25-52(32-16-13-12-14-17-32)40(58)61-39-47-50-51-53(39)27-36(57)60-28-41(42,43)44/h12-14,16-21H,3-11,15,22-28H2,1-2H3,(H,45,55)(H,46,49). The number of hydrogen-bond acceptors (Lipinski definition) is 12. The third-order valence-electron chi connectivity index (χ3n) is 9.59. The van der Waals surface area contributed by atoms with Gasteiger partial charge >= 0.3 is 18.1 Å². The molecular formula is C41H51F3N10O6S. The van der Waals surface area contributed by atoms with E-state index in [4.69, 9.17) is 4.74 Å². The fourth-order valence-corrected chi connectivity index (χ4v) is 7.14. The summed E-state index contributed by atoms with van der Waals surface area (Å²) in [5.74, 6) is -1.39. The van der Waals surface area contributed by atoms with Crippen LogP contribution in [0.2, 0.25) is 0 Å². The number of nitrogens with one attached hydrogen (secondary N) is 2. The van der Waals surface area contributed by atoms with Gasteiger partial charge in [-0.05, 0) is 66.6 Å². The first-order valence-corrected chi connectivity index (χ1v) is 21.2. The zero-order valence-corrected chi connectivity index (χ0v) is 35.1. The Morgan fingerprint density at radius 2 is 1.54 bits per heavy atom. The third-order valence-corrected chi connectivity index (χ3v) is 10.5. The fraction of sp³-hybridized carbons (Fsp3) is 0.488.